The summed E-state index contributed by atoms with van der Waals surface area (Å²) >= 11 is 1.37. The van der Waals surface area contributed by atoms with Crippen molar-refractivity contribution < 1.29 is 29.3 Å². The highest BCUT2D eigenvalue weighted by molar-refractivity contribution is 8.00. The van der Waals surface area contributed by atoms with Crippen molar-refractivity contribution >= 4 is 46.5 Å². The van der Waals surface area contributed by atoms with Crippen LogP contribution >= 0.6 is 11.8 Å². The van der Waals surface area contributed by atoms with Crippen LogP contribution in [0.25, 0.3) is 17.1 Å². The third-order valence-corrected chi connectivity index (χ3v) is 7.64. The standard InChI is InChI=1S/C27H29N5O6S/c1-37-24-9-7-19-25(32-24)15(10-11-28-19)2-3-17-4-5-18(21(38-17)12-16(34)13-33)30-27(36)20-6-8-22-26(29-20)31-23(35)14-39-22/h2-3,6-11,16-18,21,33-34H,4-5,12-14H2,1H3,(H,30,36)(H,29,31,35)/t16-,17+,18+,21+/m0/s1. The van der Waals surface area contributed by atoms with Crippen LogP contribution in [-0.4, -0.2) is 80.8 Å². The average Bonchev–Trinajstić information content (AvgIpc) is 2.96. The van der Waals surface area contributed by atoms with Crippen molar-refractivity contribution in [2.45, 2.75) is 48.5 Å². The van der Waals surface area contributed by atoms with Crippen LogP contribution < -0.4 is 15.4 Å². The predicted octanol–water partition coefficient (Wildman–Crippen LogP) is 2.18. The molecule has 0 saturated carbocycles. The number of aliphatic hydroxyl groups excluding tert-OH is 2. The van der Waals surface area contributed by atoms with E-state index in [4.69, 9.17) is 9.47 Å². The number of hydrogen-bond acceptors (Lipinski definition) is 10. The maximum Gasteiger partial charge on any atom is 0.270 e. The molecular weight excluding hydrogens is 522 g/mol. The maximum atomic E-state index is 13.1. The molecule has 2 aliphatic rings. The monoisotopic (exact) mass is 551 g/mol. The van der Waals surface area contributed by atoms with Gasteiger partial charge in [-0.1, -0.05) is 12.2 Å². The van der Waals surface area contributed by atoms with E-state index in [1.807, 2.05) is 24.3 Å². The molecule has 0 bridgehead atoms. The van der Waals surface area contributed by atoms with Crippen molar-refractivity contribution in [1.29, 1.82) is 0 Å². The molecule has 3 aromatic heterocycles. The normalized spacial score (nSPS) is 21.8. The van der Waals surface area contributed by atoms with E-state index in [2.05, 4.69) is 25.6 Å². The molecule has 11 nitrogen and oxygen atoms in total. The number of methoxy groups -OCH3 is 1. The van der Waals surface area contributed by atoms with Gasteiger partial charge in [0, 0.05) is 24.2 Å². The van der Waals surface area contributed by atoms with E-state index in [9.17, 15) is 19.8 Å². The highest BCUT2D eigenvalue weighted by atomic mass is 32.2. The Morgan fingerprint density at radius 3 is 2.97 bits per heavy atom. The first-order valence-electron chi connectivity index (χ1n) is 12.6. The van der Waals surface area contributed by atoms with E-state index in [-0.39, 0.29) is 24.1 Å². The number of ether oxygens (including phenoxy) is 2. The fourth-order valence-corrected chi connectivity index (χ4v) is 5.36. The number of carbonyl (C=O) groups is 2. The number of nitrogens with one attached hydrogen (secondary N) is 2. The number of rotatable bonds is 8. The van der Waals surface area contributed by atoms with Gasteiger partial charge in [-0.25, -0.2) is 9.97 Å². The lowest BCUT2D eigenvalue weighted by Gasteiger charge is -2.37. The molecule has 4 atom stereocenters. The minimum atomic E-state index is -0.993. The number of aliphatic hydroxyl groups is 2. The van der Waals surface area contributed by atoms with Crippen LogP contribution in [0.15, 0.2) is 47.5 Å². The first-order valence-corrected chi connectivity index (χ1v) is 13.6. The molecule has 5 heterocycles. The Balaban J connectivity index is 1.30. The molecule has 2 aliphatic heterocycles. The average molecular weight is 552 g/mol. The van der Waals surface area contributed by atoms with Crippen molar-refractivity contribution in [3.63, 3.8) is 0 Å². The van der Waals surface area contributed by atoms with Gasteiger partial charge < -0.3 is 30.3 Å². The highest BCUT2D eigenvalue weighted by Crippen LogP contribution is 2.30. The zero-order valence-corrected chi connectivity index (χ0v) is 22.1. The van der Waals surface area contributed by atoms with Gasteiger partial charge in [0.1, 0.15) is 11.5 Å². The first-order chi connectivity index (χ1) is 18.9. The predicted molar refractivity (Wildman–Crippen MR) is 146 cm³/mol. The topological polar surface area (TPSA) is 156 Å². The van der Waals surface area contributed by atoms with E-state index in [0.717, 1.165) is 16.0 Å². The molecule has 4 N–H and O–H groups in total. The number of fused-ring (bicyclic) bond motifs is 2. The Kier molecular flexibility index (Phi) is 8.36. The van der Waals surface area contributed by atoms with Crippen LogP contribution in [0.1, 0.15) is 35.3 Å². The highest BCUT2D eigenvalue weighted by Gasteiger charge is 2.33. The minimum absolute atomic E-state index is 0.146. The summed E-state index contributed by atoms with van der Waals surface area (Å²) in [4.78, 5) is 38.8. The molecule has 0 aliphatic carbocycles. The first kappa shape index (κ1) is 27.0. The lowest BCUT2D eigenvalue weighted by Crippen LogP contribution is -2.50. The summed E-state index contributed by atoms with van der Waals surface area (Å²) in [6, 6.07) is 8.44. The second kappa shape index (κ2) is 12.1. The van der Waals surface area contributed by atoms with Gasteiger partial charge in [-0.15, -0.1) is 11.8 Å². The molecule has 1 fully saturated rings. The number of aromatic nitrogens is 3. The molecule has 1 saturated heterocycles. The van der Waals surface area contributed by atoms with Crippen LogP contribution in [0.2, 0.25) is 0 Å². The number of carbonyl (C=O) groups excluding carboxylic acids is 2. The Labute approximate surface area is 229 Å². The molecule has 3 aromatic rings. The van der Waals surface area contributed by atoms with Crippen molar-refractivity contribution in [3.05, 3.63) is 53.9 Å². The summed E-state index contributed by atoms with van der Waals surface area (Å²) in [5.41, 5.74) is 2.47. The van der Waals surface area contributed by atoms with Gasteiger partial charge in [-0.3, -0.25) is 14.6 Å². The summed E-state index contributed by atoms with van der Waals surface area (Å²) in [6.45, 7) is -0.415. The number of anilines is 1. The molecule has 5 rings (SSSR count). The number of nitrogens with zero attached hydrogens (tertiary/aromatic N) is 3. The molecule has 12 heteroatoms. The SMILES string of the molecule is COc1ccc2nccc(C=C[C@@H]3CC[C@@H](NC(=O)c4ccc5c(n4)NC(=O)CS5)[C@@H](C[C@H](O)CO)O3)c2n1. The molecule has 204 valence electrons. The molecule has 0 aromatic carbocycles. The van der Waals surface area contributed by atoms with E-state index in [1.165, 1.54) is 11.8 Å². The molecule has 2 amide bonds. The van der Waals surface area contributed by atoms with Crippen LogP contribution in [0.5, 0.6) is 5.88 Å². The van der Waals surface area contributed by atoms with Crippen LogP contribution in [0, 0.1) is 0 Å². The van der Waals surface area contributed by atoms with Gasteiger partial charge in [-0.05, 0) is 37.1 Å². The van der Waals surface area contributed by atoms with Gasteiger partial charge in [0.05, 0.1) is 59.8 Å². The summed E-state index contributed by atoms with van der Waals surface area (Å²) in [5.74, 6) is 0.607. The quantitative estimate of drug-likeness (QED) is 0.327. The van der Waals surface area contributed by atoms with Gasteiger partial charge in [-0.2, -0.15) is 0 Å². The Hall–Kier alpha value is -3.58. The number of amides is 2. The van der Waals surface area contributed by atoms with Gasteiger partial charge in [0.25, 0.3) is 5.91 Å². The molecule has 39 heavy (non-hydrogen) atoms. The molecular formula is C27H29N5O6S. The summed E-state index contributed by atoms with van der Waals surface area (Å²) in [6.07, 6.45) is 5.10. The number of thioether (sulfide) groups is 1. The van der Waals surface area contributed by atoms with E-state index >= 15 is 0 Å². The fraction of sp³-hybridized carbons (Fsp3) is 0.370. The second-order valence-electron chi connectivity index (χ2n) is 9.30. The molecule has 0 unspecified atom stereocenters. The maximum absolute atomic E-state index is 13.1. The van der Waals surface area contributed by atoms with Crippen molar-refractivity contribution in [2.75, 3.05) is 24.8 Å². The van der Waals surface area contributed by atoms with E-state index in [0.29, 0.717) is 35.8 Å². The van der Waals surface area contributed by atoms with Gasteiger partial charge in [0.15, 0.2) is 0 Å². The lowest BCUT2D eigenvalue weighted by molar-refractivity contribution is -0.113. The van der Waals surface area contributed by atoms with Crippen molar-refractivity contribution in [1.82, 2.24) is 20.3 Å². The largest absolute Gasteiger partial charge is 0.481 e. The van der Waals surface area contributed by atoms with Crippen molar-refractivity contribution in [2.24, 2.45) is 0 Å². The molecule has 0 radical (unpaired) electrons. The Bertz CT molecular complexity index is 1400. The third-order valence-electron chi connectivity index (χ3n) is 6.59. The summed E-state index contributed by atoms with van der Waals surface area (Å²) in [5, 5.41) is 25.2. The van der Waals surface area contributed by atoms with Crippen LogP contribution in [0.3, 0.4) is 0 Å². The van der Waals surface area contributed by atoms with Crippen LogP contribution in [-0.2, 0) is 9.53 Å². The summed E-state index contributed by atoms with van der Waals surface area (Å²) in [7, 11) is 1.56. The van der Waals surface area contributed by atoms with Crippen LogP contribution in [0.4, 0.5) is 5.82 Å². The smallest absolute Gasteiger partial charge is 0.270 e. The van der Waals surface area contributed by atoms with E-state index < -0.39 is 30.8 Å². The third kappa shape index (κ3) is 6.36. The Morgan fingerprint density at radius 1 is 1.28 bits per heavy atom. The van der Waals surface area contributed by atoms with Gasteiger partial charge >= 0.3 is 0 Å². The minimum Gasteiger partial charge on any atom is -0.481 e. The fourth-order valence-electron chi connectivity index (χ4n) is 4.61. The van der Waals surface area contributed by atoms with Gasteiger partial charge in [0.2, 0.25) is 11.8 Å². The zero-order valence-electron chi connectivity index (χ0n) is 21.2. The zero-order chi connectivity index (χ0) is 27.4. The summed E-state index contributed by atoms with van der Waals surface area (Å²) < 4.78 is 11.5. The lowest BCUT2D eigenvalue weighted by atomic mass is 9.94. The van der Waals surface area contributed by atoms with Crippen molar-refractivity contribution in [3.8, 4) is 5.88 Å². The Morgan fingerprint density at radius 2 is 2.15 bits per heavy atom. The van der Waals surface area contributed by atoms with E-state index in [1.54, 1.807) is 31.5 Å². The number of pyridine rings is 3. The second-order valence-corrected chi connectivity index (χ2v) is 10.3. The number of hydrogen-bond donors (Lipinski definition) is 4. The molecule has 0 spiro atoms.